The van der Waals surface area contributed by atoms with Crippen LogP contribution in [0.4, 0.5) is 0 Å². The van der Waals surface area contributed by atoms with E-state index in [0.29, 0.717) is 77.3 Å². The highest BCUT2D eigenvalue weighted by Gasteiger charge is 2.23. The molecular weight excluding hydrogens is 829 g/mol. The quantitative estimate of drug-likeness (QED) is 0.0435. The van der Waals surface area contributed by atoms with Gasteiger partial charge in [-0.25, -0.2) is 0 Å². The van der Waals surface area contributed by atoms with E-state index in [1.54, 1.807) is 7.11 Å². The molecule has 0 aromatic carbocycles. The summed E-state index contributed by atoms with van der Waals surface area (Å²) in [6.07, 6.45) is 37.0. The van der Waals surface area contributed by atoms with E-state index >= 15 is 0 Å². The van der Waals surface area contributed by atoms with E-state index in [0.717, 1.165) is 109 Å². The number of nitrogens with zero attached hydrogens (tertiary/aromatic N) is 2. The number of amides is 1. The second-order valence-corrected chi connectivity index (χ2v) is 19.8. The lowest BCUT2D eigenvalue weighted by Gasteiger charge is -2.33. The number of carbonyl (C=O) groups excluding carboxylic acids is 3. The average molecular weight is 940 g/mol. The van der Waals surface area contributed by atoms with Gasteiger partial charge < -0.3 is 33.5 Å². The van der Waals surface area contributed by atoms with Crippen LogP contribution in [0.2, 0.25) is 0 Å². The van der Waals surface area contributed by atoms with Crippen molar-refractivity contribution in [3.05, 3.63) is 0 Å². The Kier molecular flexibility index (Phi) is 48.3. The van der Waals surface area contributed by atoms with Gasteiger partial charge in [0.1, 0.15) is 0 Å². The van der Waals surface area contributed by atoms with Gasteiger partial charge in [0.2, 0.25) is 5.91 Å². The monoisotopic (exact) mass is 939 g/mol. The second kappa shape index (κ2) is 49.7. The zero-order chi connectivity index (χ0) is 48.6. The molecular formula is C56H110N2O8. The van der Waals surface area contributed by atoms with Crippen molar-refractivity contribution in [2.75, 3.05) is 80.5 Å². The Morgan fingerprint density at radius 3 is 1.26 bits per heavy atom. The van der Waals surface area contributed by atoms with Crippen LogP contribution < -0.4 is 0 Å². The summed E-state index contributed by atoms with van der Waals surface area (Å²) in [4.78, 5) is 43.4. The minimum absolute atomic E-state index is 0.0256. The van der Waals surface area contributed by atoms with E-state index in [4.69, 9.17) is 23.7 Å². The number of hydrogen-bond acceptors (Lipinski definition) is 9. The van der Waals surface area contributed by atoms with Crippen molar-refractivity contribution in [1.82, 2.24) is 9.80 Å². The summed E-state index contributed by atoms with van der Waals surface area (Å²) in [5.74, 6) is 1.16. The van der Waals surface area contributed by atoms with Crippen LogP contribution in [0.25, 0.3) is 0 Å². The molecule has 0 aliphatic carbocycles. The molecule has 1 amide bonds. The van der Waals surface area contributed by atoms with Gasteiger partial charge in [0.15, 0.2) is 0 Å². The third kappa shape index (κ3) is 42.4. The molecule has 392 valence electrons. The predicted molar refractivity (Wildman–Crippen MR) is 276 cm³/mol. The van der Waals surface area contributed by atoms with Crippen LogP contribution in [-0.2, 0) is 38.1 Å². The van der Waals surface area contributed by atoms with E-state index in [2.05, 4.69) is 51.6 Å². The summed E-state index contributed by atoms with van der Waals surface area (Å²) >= 11 is 0. The van der Waals surface area contributed by atoms with Crippen LogP contribution in [0.3, 0.4) is 0 Å². The van der Waals surface area contributed by atoms with Gasteiger partial charge in [-0.05, 0) is 90.3 Å². The van der Waals surface area contributed by atoms with E-state index in [1.165, 1.54) is 103 Å². The first kappa shape index (κ1) is 64.2. The summed E-state index contributed by atoms with van der Waals surface area (Å²) in [6.45, 7) is 14.4. The lowest BCUT2D eigenvalue weighted by molar-refractivity contribution is -0.146. The highest BCUT2D eigenvalue weighted by molar-refractivity contribution is 5.76. The smallest absolute Gasteiger partial charge is 0.305 e. The normalized spacial score (nSPS) is 13.0. The molecule has 0 N–H and O–H groups in total. The van der Waals surface area contributed by atoms with Gasteiger partial charge in [-0.15, -0.1) is 0 Å². The van der Waals surface area contributed by atoms with E-state index in [9.17, 15) is 14.4 Å². The molecule has 0 heterocycles. The summed E-state index contributed by atoms with van der Waals surface area (Å²) in [7, 11) is 5.85. The number of rotatable bonds is 52. The lowest BCUT2D eigenvalue weighted by atomic mass is 9.96. The van der Waals surface area contributed by atoms with Crippen molar-refractivity contribution in [3.63, 3.8) is 0 Å². The molecule has 10 heteroatoms. The van der Waals surface area contributed by atoms with Gasteiger partial charge in [-0.3, -0.25) is 14.4 Å². The Hall–Kier alpha value is -1.75. The van der Waals surface area contributed by atoms with Crippen LogP contribution >= 0.6 is 0 Å². The molecule has 0 spiro atoms. The van der Waals surface area contributed by atoms with Crippen molar-refractivity contribution >= 4 is 17.8 Å². The van der Waals surface area contributed by atoms with Gasteiger partial charge >= 0.3 is 11.9 Å². The first-order chi connectivity index (χ1) is 32.2. The molecule has 0 bridgehead atoms. The Labute approximate surface area is 408 Å². The highest BCUT2D eigenvalue weighted by Crippen LogP contribution is 2.23. The SMILES string of the molecule is CCCCCCC(CCCC)COC(=O)CCCCCCCCC(CCCCCCCCC(=O)OCC(CCCC)CCCCCC)N(CCCN(C)C)C(=O)CCOCCOCCOC. The highest BCUT2D eigenvalue weighted by atomic mass is 16.5. The topological polar surface area (TPSA) is 104 Å². The fourth-order valence-electron chi connectivity index (χ4n) is 8.90. The molecule has 0 radical (unpaired) electrons. The number of carbonyl (C=O) groups is 3. The van der Waals surface area contributed by atoms with Crippen molar-refractivity contribution in [2.24, 2.45) is 11.8 Å². The van der Waals surface area contributed by atoms with Gasteiger partial charge in [0.05, 0.1) is 52.7 Å². The van der Waals surface area contributed by atoms with E-state index in [1.807, 2.05) is 0 Å². The number of ether oxygens (including phenoxy) is 5. The number of unbranched alkanes of at least 4 members (excludes halogenated alkanes) is 18. The van der Waals surface area contributed by atoms with Crippen LogP contribution in [0.15, 0.2) is 0 Å². The lowest BCUT2D eigenvalue weighted by Crippen LogP contribution is -2.42. The first-order valence-corrected chi connectivity index (χ1v) is 28.1. The van der Waals surface area contributed by atoms with Gasteiger partial charge in [0, 0.05) is 32.5 Å². The summed E-state index contributed by atoms with van der Waals surface area (Å²) in [5.41, 5.74) is 0. The molecule has 10 nitrogen and oxygen atoms in total. The molecule has 0 saturated heterocycles. The van der Waals surface area contributed by atoms with Crippen LogP contribution in [0, 0.1) is 11.8 Å². The Morgan fingerprint density at radius 1 is 0.409 bits per heavy atom. The molecule has 2 unspecified atom stereocenters. The molecule has 0 rings (SSSR count). The molecule has 0 aliphatic heterocycles. The minimum Gasteiger partial charge on any atom is -0.465 e. The van der Waals surface area contributed by atoms with Gasteiger partial charge in [-0.2, -0.15) is 0 Å². The largest absolute Gasteiger partial charge is 0.465 e. The van der Waals surface area contributed by atoms with E-state index < -0.39 is 0 Å². The molecule has 0 aromatic rings. The van der Waals surface area contributed by atoms with Crippen molar-refractivity contribution in [2.45, 2.75) is 252 Å². The minimum atomic E-state index is -0.0256. The Bertz CT molecular complexity index is 1000. The predicted octanol–water partition coefficient (Wildman–Crippen LogP) is 14.1. The Morgan fingerprint density at radius 2 is 0.803 bits per heavy atom. The average Bonchev–Trinajstić information content (AvgIpc) is 3.31. The maximum absolute atomic E-state index is 13.9. The second-order valence-electron chi connectivity index (χ2n) is 19.8. The molecule has 2 atom stereocenters. The van der Waals surface area contributed by atoms with E-state index in [-0.39, 0.29) is 23.9 Å². The maximum atomic E-state index is 13.9. The third-order valence-electron chi connectivity index (χ3n) is 13.2. The summed E-state index contributed by atoms with van der Waals surface area (Å²) in [6, 6.07) is 0.224. The third-order valence-corrected chi connectivity index (χ3v) is 13.2. The number of hydrogen-bond donors (Lipinski definition) is 0. The standard InChI is InChI=1S/C56H110N2O8/c1-8-12-16-26-35-51(33-14-10-3)49-65-55(60)39-30-24-20-18-22-28-37-53(58(43-32-42-57(5)6)54(59)41-44-63-47-48-64-46-45-62-7)38-29-23-19-21-25-31-40-56(61)66-50-52(34-15-11-4)36-27-17-13-9-2/h51-53H,8-50H2,1-7H3. The van der Waals surface area contributed by atoms with Crippen LogP contribution in [0.5, 0.6) is 0 Å². The zero-order valence-electron chi connectivity index (χ0n) is 44.8. The maximum Gasteiger partial charge on any atom is 0.305 e. The summed E-state index contributed by atoms with van der Waals surface area (Å²) in [5, 5.41) is 0. The zero-order valence-corrected chi connectivity index (χ0v) is 44.8. The number of methoxy groups -OCH3 is 1. The van der Waals surface area contributed by atoms with Gasteiger partial charge in [0.25, 0.3) is 0 Å². The Balaban J connectivity index is 5.02. The fraction of sp³-hybridized carbons (Fsp3) is 0.946. The summed E-state index contributed by atoms with van der Waals surface area (Å²) < 4.78 is 27.9. The molecule has 0 aromatic heterocycles. The first-order valence-electron chi connectivity index (χ1n) is 28.1. The van der Waals surface area contributed by atoms with Gasteiger partial charge in [-0.1, -0.05) is 169 Å². The van der Waals surface area contributed by atoms with Crippen molar-refractivity contribution < 1.29 is 38.1 Å². The van der Waals surface area contributed by atoms with Crippen LogP contribution in [0.1, 0.15) is 246 Å². The molecule has 0 fully saturated rings. The molecule has 0 aliphatic rings. The van der Waals surface area contributed by atoms with Crippen molar-refractivity contribution in [3.8, 4) is 0 Å². The number of esters is 2. The van der Waals surface area contributed by atoms with Crippen molar-refractivity contribution in [1.29, 1.82) is 0 Å². The fourth-order valence-corrected chi connectivity index (χ4v) is 8.90. The van der Waals surface area contributed by atoms with Crippen LogP contribution in [-0.4, -0.2) is 114 Å². The molecule has 66 heavy (non-hydrogen) atoms. The molecule has 0 saturated carbocycles.